The number of nitrogens with two attached hydrogens (primary N) is 1. The van der Waals surface area contributed by atoms with Crippen LogP contribution in [0.2, 0.25) is 5.15 Å². The van der Waals surface area contributed by atoms with Gasteiger partial charge in [0.15, 0.2) is 11.0 Å². The minimum atomic E-state index is 0.283. The number of hydrogen-bond acceptors (Lipinski definition) is 5. The highest BCUT2D eigenvalue weighted by molar-refractivity contribution is 6.32. The van der Waals surface area contributed by atoms with Crippen molar-refractivity contribution in [2.24, 2.45) is 0 Å². The smallest absolute Gasteiger partial charge is 0.157 e. The van der Waals surface area contributed by atoms with Crippen molar-refractivity contribution in [3.05, 3.63) is 41.1 Å². The molecule has 6 heteroatoms. The second kappa shape index (κ2) is 5.64. The Morgan fingerprint density at radius 2 is 2.17 bits per heavy atom. The predicted octanol–water partition coefficient (Wildman–Crippen LogP) is 2.28. The van der Waals surface area contributed by atoms with E-state index in [9.17, 15) is 0 Å². The van der Waals surface area contributed by atoms with Crippen LogP contribution in [0.25, 0.3) is 0 Å². The molecule has 0 unspecified atom stereocenters. The average molecular weight is 264 g/mol. The zero-order chi connectivity index (χ0) is 13.0. The first-order valence-electron chi connectivity index (χ1n) is 5.66. The van der Waals surface area contributed by atoms with Crippen LogP contribution in [0.1, 0.15) is 18.4 Å². The molecule has 0 atom stereocenters. The third-order valence-electron chi connectivity index (χ3n) is 2.42. The molecule has 5 nitrogen and oxygen atoms in total. The summed E-state index contributed by atoms with van der Waals surface area (Å²) in [5, 5.41) is 3.40. The summed E-state index contributed by atoms with van der Waals surface area (Å²) < 4.78 is 0. The Morgan fingerprint density at radius 1 is 1.33 bits per heavy atom. The number of aromatic nitrogens is 3. The van der Waals surface area contributed by atoms with Crippen LogP contribution in [0.15, 0.2) is 24.4 Å². The molecule has 0 bridgehead atoms. The van der Waals surface area contributed by atoms with Crippen LogP contribution >= 0.6 is 11.6 Å². The molecular formula is C12H14ClN5. The summed E-state index contributed by atoms with van der Waals surface area (Å²) in [5.41, 5.74) is 7.10. The van der Waals surface area contributed by atoms with E-state index < -0.39 is 0 Å². The number of rotatable bonds is 4. The van der Waals surface area contributed by atoms with E-state index in [1.165, 1.54) is 0 Å². The third-order valence-corrected chi connectivity index (χ3v) is 2.71. The highest BCUT2D eigenvalue weighted by Gasteiger charge is 2.09. The topological polar surface area (TPSA) is 76.7 Å². The number of pyridine rings is 1. The molecule has 2 heterocycles. The van der Waals surface area contributed by atoms with Crippen LogP contribution in [0.3, 0.4) is 0 Å². The van der Waals surface area contributed by atoms with Crippen LogP contribution in [-0.2, 0) is 13.0 Å². The van der Waals surface area contributed by atoms with Crippen molar-refractivity contribution in [3.8, 4) is 0 Å². The van der Waals surface area contributed by atoms with Crippen molar-refractivity contribution in [3.63, 3.8) is 0 Å². The summed E-state index contributed by atoms with van der Waals surface area (Å²) in [5.74, 6) is 1.22. The summed E-state index contributed by atoms with van der Waals surface area (Å²) in [6.45, 7) is 2.51. The molecule has 18 heavy (non-hydrogen) atoms. The lowest BCUT2D eigenvalue weighted by Gasteiger charge is -2.10. The molecule has 94 valence electrons. The van der Waals surface area contributed by atoms with Crippen molar-refractivity contribution >= 4 is 23.1 Å². The molecule has 0 radical (unpaired) electrons. The van der Waals surface area contributed by atoms with Gasteiger partial charge in [-0.05, 0) is 12.1 Å². The first-order chi connectivity index (χ1) is 8.70. The quantitative estimate of drug-likeness (QED) is 0.828. The van der Waals surface area contributed by atoms with E-state index in [1.54, 1.807) is 6.20 Å². The van der Waals surface area contributed by atoms with Gasteiger partial charge >= 0.3 is 0 Å². The molecule has 2 aromatic heterocycles. The summed E-state index contributed by atoms with van der Waals surface area (Å²) in [6.07, 6.45) is 2.45. The SMILES string of the molecule is CCc1nc(Cl)c(N)c(NCc2ccccn2)n1. The lowest BCUT2D eigenvalue weighted by atomic mass is 10.3. The molecule has 0 spiro atoms. The maximum Gasteiger partial charge on any atom is 0.157 e. The third kappa shape index (κ3) is 2.87. The van der Waals surface area contributed by atoms with E-state index in [0.717, 1.165) is 5.69 Å². The van der Waals surface area contributed by atoms with E-state index >= 15 is 0 Å². The molecule has 3 N–H and O–H groups in total. The van der Waals surface area contributed by atoms with E-state index in [0.29, 0.717) is 30.3 Å². The van der Waals surface area contributed by atoms with Gasteiger partial charge in [-0.1, -0.05) is 24.6 Å². The normalized spacial score (nSPS) is 10.3. The number of aryl methyl sites for hydroxylation is 1. The minimum Gasteiger partial charge on any atom is -0.393 e. The van der Waals surface area contributed by atoms with E-state index in [-0.39, 0.29) is 5.15 Å². The lowest BCUT2D eigenvalue weighted by Crippen LogP contribution is -2.09. The van der Waals surface area contributed by atoms with Gasteiger partial charge in [0.1, 0.15) is 11.5 Å². The fraction of sp³-hybridized carbons (Fsp3) is 0.250. The van der Waals surface area contributed by atoms with E-state index in [2.05, 4.69) is 20.3 Å². The fourth-order valence-electron chi connectivity index (χ4n) is 1.46. The summed E-state index contributed by atoms with van der Waals surface area (Å²) in [6, 6.07) is 5.72. The predicted molar refractivity (Wildman–Crippen MR) is 72.4 cm³/mol. The largest absolute Gasteiger partial charge is 0.393 e. The highest BCUT2D eigenvalue weighted by Crippen LogP contribution is 2.24. The van der Waals surface area contributed by atoms with Crippen LogP contribution < -0.4 is 11.1 Å². The Morgan fingerprint density at radius 3 is 2.83 bits per heavy atom. The van der Waals surface area contributed by atoms with Crippen LogP contribution in [0.4, 0.5) is 11.5 Å². The van der Waals surface area contributed by atoms with Crippen molar-refractivity contribution in [2.75, 3.05) is 11.1 Å². The van der Waals surface area contributed by atoms with Crippen molar-refractivity contribution in [2.45, 2.75) is 19.9 Å². The number of nitrogens with zero attached hydrogens (tertiary/aromatic N) is 3. The van der Waals surface area contributed by atoms with Gasteiger partial charge in [0, 0.05) is 12.6 Å². The van der Waals surface area contributed by atoms with Crippen molar-refractivity contribution < 1.29 is 0 Å². The van der Waals surface area contributed by atoms with E-state index in [1.807, 2.05) is 25.1 Å². The molecule has 0 fully saturated rings. The second-order valence-corrected chi connectivity index (χ2v) is 4.08. The van der Waals surface area contributed by atoms with Gasteiger partial charge < -0.3 is 11.1 Å². The molecule has 0 aliphatic heterocycles. The standard InChI is InChI=1S/C12H14ClN5/c1-2-9-17-11(13)10(14)12(18-9)16-7-8-5-3-4-6-15-8/h3-6H,2,7,14H2,1H3,(H,16,17,18). The summed E-state index contributed by atoms with van der Waals surface area (Å²) in [7, 11) is 0. The monoisotopic (exact) mass is 263 g/mol. The minimum absolute atomic E-state index is 0.283. The molecule has 0 amide bonds. The first kappa shape index (κ1) is 12.6. The molecule has 0 aliphatic carbocycles. The molecular weight excluding hydrogens is 250 g/mol. The zero-order valence-corrected chi connectivity index (χ0v) is 10.8. The number of nitrogens with one attached hydrogen (secondary N) is 1. The molecule has 2 aromatic rings. The summed E-state index contributed by atoms with van der Waals surface area (Å²) >= 11 is 5.95. The van der Waals surface area contributed by atoms with Crippen LogP contribution in [0, 0.1) is 0 Å². The second-order valence-electron chi connectivity index (χ2n) is 3.72. The van der Waals surface area contributed by atoms with E-state index in [4.69, 9.17) is 17.3 Å². The molecule has 2 rings (SSSR count). The van der Waals surface area contributed by atoms with Crippen LogP contribution in [0.5, 0.6) is 0 Å². The fourth-order valence-corrected chi connectivity index (χ4v) is 1.64. The van der Waals surface area contributed by atoms with Gasteiger partial charge in [0.25, 0.3) is 0 Å². The zero-order valence-electron chi connectivity index (χ0n) is 10.0. The van der Waals surface area contributed by atoms with Gasteiger partial charge in [-0.3, -0.25) is 4.98 Å². The highest BCUT2D eigenvalue weighted by atomic mass is 35.5. The Kier molecular flexibility index (Phi) is 3.94. The first-order valence-corrected chi connectivity index (χ1v) is 6.04. The number of anilines is 2. The van der Waals surface area contributed by atoms with Gasteiger partial charge in [-0.2, -0.15) is 0 Å². The van der Waals surface area contributed by atoms with Gasteiger partial charge in [0.2, 0.25) is 0 Å². The number of hydrogen-bond donors (Lipinski definition) is 2. The van der Waals surface area contributed by atoms with Gasteiger partial charge in [-0.15, -0.1) is 0 Å². The van der Waals surface area contributed by atoms with Gasteiger partial charge in [-0.25, -0.2) is 9.97 Å². The Balaban J connectivity index is 2.16. The molecule has 0 aromatic carbocycles. The Hall–Kier alpha value is -1.88. The van der Waals surface area contributed by atoms with Crippen LogP contribution in [-0.4, -0.2) is 15.0 Å². The summed E-state index contributed by atoms with van der Waals surface area (Å²) in [4.78, 5) is 12.6. The average Bonchev–Trinajstić information content (AvgIpc) is 2.41. The van der Waals surface area contributed by atoms with Crippen molar-refractivity contribution in [1.29, 1.82) is 0 Å². The van der Waals surface area contributed by atoms with Crippen molar-refractivity contribution in [1.82, 2.24) is 15.0 Å². The lowest BCUT2D eigenvalue weighted by molar-refractivity contribution is 0.930. The Bertz CT molecular complexity index is 529. The Labute approximate surface area is 110 Å². The number of nitrogen functional groups attached to an aromatic ring is 1. The number of halogens is 1. The maximum absolute atomic E-state index is 5.95. The maximum atomic E-state index is 5.95. The molecule has 0 aliphatic rings. The molecule has 0 saturated carbocycles. The van der Waals surface area contributed by atoms with Gasteiger partial charge in [0.05, 0.1) is 12.2 Å². The molecule has 0 saturated heterocycles.